The van der Waals surface area contributed by atoms with Crippen LogP contribution in [0.25, 0.3) is 0 Å². The van der Waals surface area contributed by atoms with Crippen LogP contribution in [0.15, 0.2) is 0 Å². The Morgan fingerprint density at radius 2 is 1.12 bits per heavy atom. The summed E-state index contributed by atoms with van der Waals surface area (Å²) >= 11 is -0.789. The molecule has 2 radical (unpaired) electrons. The minimum absolute atomic E-state index is 0. The van der Waals surface area contributed by atoms with Crippen LogP contribution in [0.4, 0.5) is 0 Å². The van der Waals surface area contributed by atoms with Gasteiger partial charge in [0.05, 0.1) is 0 Å². The van der Waals surface area contributed by atoms with Crippen molar-refractivity contribution in [2.45, 2.75) is 32.7 Å². The van der Waals surface area contributed by atoms with Gasteiger partial charge in [-0.25, -0.2) is 0 Å². The van der Waals surface area contributed by atoms with Crippen molar-refractivity contribution in [1.29, 1.82) is 0 Å². The van der Waals surface area contributed by atoms with Crippen LogP contribution in [0.5, 0.6) is 0 Å². The first-order valence-electron chi connectivity index (χ1n) is 3.18. The smallest absolute Gasteiger partial charge is 0 e. The molecule has 0 spiro atoms. The predicted octanol–water partition coefficient (Wildman–Crippen LogP) is 2.16. The van der Waals surface area contributed by atoms with Gasteiger partial charge in [0.2, 0.25) is 0 Å². The monoisotopic (exact) mass is 318 g/mol. The average molecular weight is 317 g/mol. The fourth-order valence-electron chi connectivity index (χ4n) is 0.750. The van der Waals surface area contributed by atoms with Gasteiger partial charge in [0.25, 0.3) is 0 Å². The molecule has 0 aromatic carbocycles. The second kappa shape index (κ2) is 8.92. The van der Waals surface area contributed by atoms with Gasteiger partial charge in [-0.1, -0.05) is 0 Å². The molecule has 0 aromatic heterocycles. The topological polar surface area (TPSA) is 0 Å². The first-order chi connectivity index (χ1) is 3.35. The molecule has 0 aliphatic carbocycles. The Morgan fingerprint density at radius 3 is 1.12 bits per heavy atom. The van der Waals surface area contributed by atoms with E-state index in [1.165, 1.54) is 0 Å². The van der Waals surface area contributed by atoms with E-state index in [2.05, 4.69) is 20.8 Å². The summed E-state index contributed by atoms with van der Waals surface area (Å²) in [5.74, 6) is 0. The van der Waals surface area contributed by atoms with Gasteiger partial charge in [0.15, 0.2) is 0 Å². The second-order valence-electron chi connectivity index (χ2n) is 1.81. The second-order valence-corrected chi connectivity index (χ2v) is 15.9. The van der Waals surface area contributed by atoms with E-state index in [9.17, 15) is 0 Å². The maximum absolute atomic E-state index is 2.36. The van der Waals surface area contributed by atoms with Crippen molar-refractivity contribution in [2.24, 2.45) is 0 Å². The minimum atomic E-state index is -0.789. The summed E-state index contributed by atoms with van der Waals surface area (Å²) in [5, 5.41) is 0. The summed E-state index contributed by atoms with van der Waals surface area (Å²) < 4.78 is 4.70. The van der Waals surface area contributed by atoms with Gasteiger partial charge in [-0.3, -0.25) is 0 Å². The van der Waals surface area contributed by atoms with Crippen molar-refractivity contribution in [3.05, 3.63) is 0 Å². The summed E-state index contributed by atoms with van der Waals surface area (Å²) in [6, 6.07) is 0. The molecule has 0 rings (SSSR count). The van der Waals surface area contributed by atoms with Gasteiger partial charge >= 0.3 is 55.4 Å². The molecule has 0 heterocycles. The van der Waals surface area contributed by atoms with Crippen LogP contribution in [0.3, 0.4) is 0 Å². The zero-order chi connectivity index (χ0) is 5.70. The van der Waals surface area contributed by atoms with Crippen molar-refractivity contribution in [2.75, 3.05) is 0 Å². The van der Waals surface area contributed by atoms with E-state index >= 15 is 0 Å². The molecule has 0 bridgehead atoms. The third kappa shape index (κ3) is 6.05. The van der Waals surface area contributed by atoms with Gasteiger partial charge in [-0.05, 0) is 0 Å². The van der Waals surface area contributed by atoms with Crippen LogP contribution >= 0.6 is 0 Å². The van der Waals surface area contributed by atoms with Crippen molar-refractivity contribution < 1.29 is 0 Å². The number of hydrogen-bond donors (Lipinski definition) is 0. The molecular formula is C6H15NaPb. The molecule has 0 saturated heterocycles. The molecule has 0 fully saturated rings. The molecule has 0 aliphatic rings. The van der Waals surface area contributed by atoms with Gasteiger partial charge in [-0.2, -0.15) is 0 Å². The molecule has 0 amide bonds. The van der Waals surface area contributed by atoms with Crippen molar-refractivity contribution >= 4 is 52.3 Å². The fourth-order valence-corrected chi connectivity index (χ4v) is 6.58. The molecule has 0 aromatic rings. The SMILES string of the molecule is C[CH2][Pb]([CH2]C)[CH2]C.[Na]. The Kier molecular flexibility index (Phi) is 14.0. The van der Waals surface area contributed by atoms with E-state index in [1.54, 1.807) is 11.9 Å². The van der Waals surface area contributed by atoms with Crippen molar-refractivity contribution in [1.82, 2.24) is 0 Å². The van der Waals surface area contributed by atoms with E-state index in [4.69, 9.17) is 0 Å². The molecule has 8 heavy (non-hydrogen) atoms. The zero-order valence-electron chi connectivity index (χ0n) is 6.62. The number of hydrogen-bond acceptors (Lipinski definition) is 0. The molecular weight excluding hydrogens is 302 g/mol. The molecule has 0 unspecified atom stereocenters. The van der Waals surface area contributed by atoms with E-state index in [0.717, 1.165) is 0 Å². The van der Waals surface area contributed by atoms with Crippen LogP contribution in [0.2, 0.25) is 11.9 Å². The summed E-state index contributed by atoms with van der Waals surface area (Å²) in [5.41, 5.74) is 0. The minimum Gasteiger partial charge on any atom is 0 e. The Balaban J connectivity index is 0. The van der Waals surface area contributed by atoms with Crippen molar-refractivity contribution in [3.8, 4) is 0 Å². The third-order valence-electron chi connectivity index (χ3n) is 1.50. The van der Waals surface area contributed by atoms with E-state index in [0.29, 0.717) is 0 Å². The molecule has 0 saturated carbocycles. The van der Waals surface area contributed by atoms with E-state index in [1.807, 2.05) is 0 Å². The average Bonchev–Trinajstić information content (AvgIpc) is 1.72. The third-order valence-corrected chi connectivity index (χ3v) is 13.2. The molecule has 2 heteroatoms. The molecule has 0 N–H and O–H groups in total. The summed E-state index contributed by atoms with van der Waals surface area (Å²) in [6.07, 6.45) is 0. The van der Waals surface area contributed by atoms with E-state index < -0.39 is 22.7 Å². The Labute approximate surface area is 83.8 Å². The maximum atomic E-state index is 2.36. The first kappa shape index (κ1) is 12.6. The van der Waals surface area contributed by atoms with Crippen molar-refractivity contribution in [3.63, 3.8) is 0 Å². The predicted molar refractivity (Wildman–Crippen MR) is 43.0 cm³/mol. The Hall–Kier alpha value is 1.92. The van der Waals surface area contributed by atoms with Crippen LogP contribution in [0.1, 0.15) is 20.8 Å². The molecule has 0 atom stereocenters. The van der Waals surface area contributed by atoms with Crippen LogP contribution in [0, 0.1) is 0 Å². The number of rotatable bonds is 3. The zero-order valence-corrected chi connectivity index (χ0v) is 12.5. The standard InChI is InChI=1S/3C2H5.Na.Pb/c3*1-2;;/h3*1H2,2H3;;. The van der Waals surface area contributed by atoms with Gasteiger partial charge in [-0.15, -0.1) is 0 Å². The maximum Gasteiger partial charge on any atom is 0 e. The van der Waals surface area contributed by atoms with Crippen LogP contribution < -0.4 is 0 Å². The largest absolute Gasteiger partial charge is 0 e. The van der Waals surface area contributed by atoms with Crippen LogP contribution in [-0.2, 0) is 0 Å². The van der Waals surface area contributed by atoms with Gasteiger partial charge in [0, 0.05) is 29.6 Å². The normalized spacial score (nSPS) is 9.00. The molecule has 0 aliphatic heterocycles. The Morgan fingerprint density at radius 1 is 0.875 bits per heavy atom. The molecule has 0 nitrogen and oxygen atoms in total. The van der Waals surface area contributed by atoms with Crippen LogP contribution in [-0.4, -0.2) is 52.3 Å². The van der Waals surface area contributed by atoms with Gasteiger partial charge in [0.1, 0.15) is 0 Å². The van der Waals surface area contributed by atoms with Gasteiger partial charge < -0.3 is 0 Å². The molecule has 44 valence electrons. The Bertz CT molecular complexity index is 30.0. The summed E-state index contributed by atoms with van der Waals surface area (Å²) in [6.45, 7) is 7.07. The van der Waals surface area contributed by atoms with E-state index in [-0.39, 0.29) is 29.6 Å². The fraction of sp³-hybridized carbons (Fsp3) is 1.00. The summed E-state index contributed by atoms with van der Waals surface area (Å²) in [7, 11) is 0. The summed E-state index contributed by atoms with van der Waals surface area (Å²) in [4.78, 5) is 0. The first-order valence-corrected chi connectivity index (χ1v) is 11.4. The quantitative estimate of drug-likeness (QED) is 0.700.